The minimum absolute atomic E-state index is 0.231. The first-order valence-electron chi connectivity index (χ1n) is 7.98. The van der Waals surface area contributed by atoms with Crippen molar-refractivity contribution in [1.82, 2.24) is 14.1 Å². The summed E-state index contributed by atoms with van der Waals surface area (Å²) in [6, 6.07) is 9.70. The highest BCUT2D eigenvalue weighted by molar-refractivity contribution is 7.88. The second kappa shape index (κ2) is 6.54. The van der Waals surface area contributed by atoms with Crippen molar-refractivity contribution >= 4 is 15.8 Å². The van der Waals surface area contributed by atoms with Crippen LogP contribution in [0.4, 0.5) is 5.82 Å². The maximum Gasteiger partial charge on any atom is 0.211 e. The number of hydrogen-bond donors (Lipinski definition) is 2. The lowest BCUT2D eigenvalue weighted by Crippen LogP contribution is -2.37. The number of piperidine rings is 1. The summed E-state index contributed by atoms with van der Waals surface area (Å²) in [7, 11) is -3.11. The molecule has 0 atom stereocenters. The Morgan fingerprint density at radius 1 is 1.21 bits per heavy atom. The van der Waals surface area contributed by atoms with Gasteiger partial charge in [0.1, 0.15) is 5.82 Å². The molecule has 0 amide bonds. The van der Waals surface area contributed by atoms with E-state index in [-0.39, 0.29) is 5.92 Å². The van der Waals surface area contributed by atoms with Gasteiger partial charge in [0.2, 0.25) is 10.0 Å². The minimum Gasteiger partial charge on any atom is -0.384 e. The summed E-state index contributed by atoms with van der Waals surface area (Å²) in [6.07, 6.45) is 2.77. The summed E-state index contributed by atoms with van der Waals surface area (Å²) in [4.78, 5) is 0. The standard InChI is InChI=1S/C16H23N5O2S/c1-24(22,23)20-8-6-13(7-9-20)15-10-16(18)21(19-15)14-4-2-12(11-17)3-5-14/h2-5,10,13H,6-9,11,17-18H2,1H3. The van der Waals surface area contributed by atoms with Gasteiger partial charge in [-0.1, -0.05) is 12.1 Å². The van der Waals surface area contributed by atoms with Crippen molar-refractivity contribution in [3.05, 3.63) is 41.6 Å². The average molecular weight is 349 g/mol. The Morgan fingerprint density at radius 2 is 1.83 bits per heavy atom. The Labute approximate surface area is 142 Å². The largest absolute Gasteiger partial charge is 0.384 e. The van der Waals surface area contributed by atoms with Crippen molar-refractivity contribution in [2.45, 2.75) is 25.3 Å². The molecule has 2 heterocycles. The fourth-order valence-corrected chi connectivity index (χ4v) is 3.95. The first-order valence-corrected chi connectivity index (χ1v) is 9.83. The summed E-state index contributed by atoms with van der Waals surface area (Å²) in [6.45, 7) is 1.56. The molecule has 0 radical (unpaired) electrons. The van der Waals surface area contributed by atoms with Crippen LogP contribution in [-0.2, 0) is 16.6 Å². The zero-order valence-electron chi connectivity index (χ0n) is 13.7. The van der Waals surface area contributed by atoms with E-state index in [9.17, 15) is 8.42 Å². The zero-order chi connectivity index (χ0) is 17.3. The molecule has 0 bridgehead atoms. The fraction of sp³-hybridized carbons (Fsp3) is 0.438. The molecule has 1 aromatic carbocycles. The minimum atomic E-state index is -3.11. The van der Waals surface area contributed by atoms with E-state index in [4.69, 9.17) is 11.5 Å². The molecule has 1 saturated heterocycles. The number of rotatable bonds is 4. The summed E-state index contributed by atoms with van der Waals surface area (Å²) < 4.78 is 26.4. The van der Waals surface area contributed by atoms with Crippen molar-refractivity contribution in [3.63, 3.8) is 0 Å². The van der Waals surface area contributed by atoms with E-state index in [0.717, 1.165) is 29.8 Å². The number of sulfonamides is 1. The lowest BCUT2D eigenvalue weighted by molar-refractivity contribution is 0.318. The molecule has 7 nitrogen and oxygen atoms in total. The molecule has 0 saturated carbocycles. The second-order valence-electron chi connectivity index (χ2n) is 6.21. The number of anilines is 1. The number of benzene rings is 1. The number of aromatic nitrogens is 2. The van der Waals surface area contributed by atoms with Gasteiger partial charge in [-0.2, -0.15) is 5.10 Å². The Hall–Kier alpha value is -1.90. The number of hydrogen-bond acceptors (Lipinski definition) is 5. The van der Waals surface area contributed by atoms with Crippen LogP contribution in [0.25, 0.3) is 5.69 Å². The van der Waals surface area contributed by atoms with E-state index in [1.54, 1.807) is 4.68 Å². The highest BCUT2D eigenvalue weighted by Crippen LogP contribution is 2.30. The van der Waals surface area contributed by atoms with Crippen LogP contribution < -0.4 is 11.5 Å². The molecule has 2 aromatic rings. The summed E-state index contributed by atoms with van der Waals surface area (Å²) >= 11 is 0. The van der Waals surface area contributed by atoms with E-state index in [2.05, 4.69) is 5.10 Å². The quantitative estimate of drug-likeness (QED) is 0.858. The van der Waals surface area contributed by atoms with E-state index in [1.807, 2.05) is 30.3 Å². The van der Waals surface area contributed by atoms with E-state index in [0.29, 0.717) is 25.5 Å². The van der Waals surface area contributed by atoms with Crippen molar-refractivity contribution < 1.29 is 8.42 Å². The molecule has 0 aliphatic carbocycles. The Balaban J connectivity index is 1.77. The van der Waals surface area contributed by atoms with Crippen LogP contribution in [-0.4, -0.2) is 41.8 Å². The van der Waals surface area contributed by atoms with Gasteiger partial charge in [-0.25, -0.2) is 17.4 Å². The van der Waals surface area contributed by atoms with Crippen molar-refractivity contribution in [3.8, 4) is 5.69 Å². The average Bonchev–Trinajstić information content (AvgIpc) is 2.96. The summed E-state index contributed by atoms with van der Waals surface area (Å²) in [5.74, 6) is 0.811. The van der Waals surface area contributed by atoms with Crippen LogP contribution in [0.1, 0.15) is 30.0 Å². The lowest BCUT2D eigenvalue weighted by Gasteiger charge is -2.29. The van der Waals surface area contributed by atoms with Gasteiger partial charge in [-0.3, -0.25) is 0 Å². The van der Waals surface area contributed by atoms with Gasteiger partial charge < -0.3 is 11.5 Å². The number of nitrogen functional groups attached to an aromatic ring is 1. The maximum atomic E-state index is 11.6. The van der Waals surface area contributed by atoms with Crippen molar-refractivity contribution in [2.24, 2.45) is 5.73 Å². The number of nitrogens with two attached hydrogens (primary N) is 2. The van der Waals surface area contributed by atoms with Gasteiger partial charge in [-0.15, -0.1) is 0 Å². The molecule has 1 aromatic heterocycles. The van der Waals surface area contributed by atoms with Gasteiger partial charge in [0.15, 0.2) is 0 Å². The highest BCUT2D eigenvalue weighted by Gasteiger charge is 2.27. The Kier molecular flexibility index (Phi) is 4.62. The molecule has 0 unspecified atom stereocenters. The van der Waals surface area contributed by atoms with Gasteiger partial charge >= 0.3 is 0 Å². The van der Waals surface area contributed by atoms with Crippen LogP contribution in [0, 0.1) is 0 Å². The van der Waals surface area contributed by atoms with Gasteiger partial charge in [0, 0.05) is 31.6 Å². The maximum absolute atomic E-state index is 11.6. The zero-order valence-corrected chi connectivity index (χ0v) is 14.5. The third-order valence-corrected chi connectivity index (χ3v) is 5.82. The van der Waals surface area contributed by atoms with E-state index in [1.165, 1.54) is 10.6 Å². The van der Waals surface area contributed by atoms with Crippen LogP contribution in [0.3, 0.4) is 0 Å². The topological polar surface area (TPSA) is 107 Å². The lowest BCUT2D eigenvalue weighted by atomic mass is 9.95. The molecule has 1 aliphatic heterocycles. The summed E-state index contributed by atoms with van der Waals surface area (Å²) in [5, 5.41) is 4.64. The van der Waals surface area contributed by atoms with Gasteiger partial charge in [0.25, 0.3) is 0 Å². The molecule has 1 aliphatic rings. The van der Waals surface area contributed by atoms with Gasteiger partial charge in [0.05, 0.1) is 17.6 Å². The molecule has 4 N–H and O–H groups in total. The smallest absolute Gasteiger partial charge is 0.211 e. The van der Waals surface area contributed by atoms with Crippen LogP contribution in [0.5, 0.6) is 0 Å². The summed E-state index contributed by atoms with van der Waals surface area (Å²) in [5.41, 5.74) is 14.6. The molecule has 24 heavy (non-hydrogen) atoms. The van der Waals surface area contributed by atoms with E-state index < -0.39 is 10.0 Å². The molecule has 3 rings (SSSR count). The van der Waals surface area contributed by atoms with E-state index >= 15 is 0 Å². The molecule has 8 heteroatoms. The first-order chi connectivity index (χ1) is 11.4. The van der Waals surface area contributed by atoms with Crippen LogP contribution >= 0.6 is 0 Å². The third-order valence-electron chi connectivity index (χ3n) is 4.51. The van der Waals surface area contributed by atoms with Crippen LogP contribution in [0.2, 0.25) is 0 Å². The SMILES string of the molecule is CS(=O)(=O)N1CCC(c2cc(N)n(-c3ccc(CN)cc3)n2)CC1. The normalized spacial score (nSPS) is 17.2. The predicted octanol–water partition coefficient (Wildman–Crippen LogP) is 1.05. The highest BCUT2D eigenvalue weighted by atomic mass is 32.2. The Bertz CT molecular complexity index is 805. The predicted molar refractivity (Wildman–Crippen MR) is 94.3 cm³/mol. The molecule has 1 fully saturated rings. The molecule has 130 valence electrons. The third kappa shape index (κ3) is 3.45. The molecular formula is C16H23N5O2S. The fourth-order valence-electron chi connectivity index (χ4n) is 3.08. The molecule has 0 spiro atoms. The first kappa shape index (κ1) is 16.9. The van der Waals surface area contributed by atoms with Crippen molar-refractivity contribution in [2.75, 3.05) is 25.1 Å². The second-order valence-corrected chi connectivity index (χ2v) is 8.20. The van der Waals surface area contributed by atoms with Crippen molar-refractivity contribution in [1.29, 1.82) is 0 Å². The van der Waals surface area contributed by atoms with Crippen LogP contribution in [0.15, 0.2) is 30.3 Å². The molecular weight excluding hydrogens is 326 g/mol. The number of nitrogens with zero attached hydrogens (tertiary/aromatic N) is 3. The van der Waals surface area contributed by atoms with Gasteiger partial charge in [-0.05, 0) is 30.5 Å². The Morgan fingerprint density at radius 3 is 2.38 bits per heavy atom. The monoisotopic (exact) mass is 349 g/mol.